The fourth-order valence-electron chi connectivity index (χ4n) is 4.78. The molecule has 0 heterocycles. The van der Waals surface area contributed by atoms with Crippen molar-refractivity contribution in [2.75, 3.05) is 6.61 Å². The van der Waals surface area contributed by atoms with Crippen LogP contribution >= 0.6 is 0 Å². The Morgan fingerprint density at radius 2 is 1.33 bits per heavy atom. The molecule has 3 aromatic rings. The summed E-state index contributed by atoms with van der Waals surface area (Å²) in [5.74, 6) is 9.00. The van der Waals surface area contributed by atoms with Crippen LogP contribution in [-0.4, -0.2) is 6.61 Å². The standard InChI is InChI=1S/C32H34O/c1-3-5-6-25-9-15-28(16-10-25)30-19-21-31(22-20-30)29-17-11-26(12-18-29)7-8-27-13-23-32(24-14-27)33-4-2/h3,11-14,17-25,28H,1,4-6,9-10,15-16H2,2H3. The van der Waals surface area contributed by atoms with Crippen LogP contribution in [0.2, 0.25) is 0 Å². The van der Waals surface area contributed by atoms with Crippen LogP contribution in [0.3, 0.4) is 0 Å². The van der Waals surface area contributed by atoms with Crippen molar-refractivity contribution in [2.24, 2.45) is 5.92 Å². The molecule has 0 N–H and O–H groups in total. The molecule has 1 saturated carbocycles. The molecular weight excluding hydrogens is 400 g/mol. The largest absolute Gasteiger partial charge is 0.494 e. The summed E-state index contributed by atoms with van der Waals surface area (Å²) in [5, 5.41) is 0. The number of hydrogen-bond acceptors (Lipinski definition) is 1. The predicted octanol–water partition coefficient (Wildman–Crippen LogP) is 8.39. The molecule has 0 amide bonds. The van der Waals surface area contributed by atoms with Gasteiger partial charge in [0.05, 0.1) is 6.61 Å². The summed E-state index contributed by atoms with van der Waals surface area (Å²) < 4.78 is 5.49. The summed E-state index contributed by atoms with van der Waals surface area (Å²) in [6.45, 7) is 6.53. The van der Waals surface area contributed by atoms with E-state index in [1.807, 2.05) is 31.2 Å². The Balaban J connectivity index is 1.35. The fraction of sp³-hybridized carbons (Fsp3) is 0.312. The first kappa shape index (κ1) is 22.9. The quantitative estimate of drug-likeness (QED) is 0.268. The van der Waals surface area contributed by atoms with Crippen molar-refractivity contribution in [1.29, 1.82) is 0 Å². The molecule has 0 saturated heterocycles. The first-order valence-corrected chi connectivity index (χ1v) is 12.3. The molecule has 1 aliphatic carbocycles. The van der Waals surface area contributed by atoms with Crippen LogP contribution in [0.4, 0.5) is 0 Å². The smallest absolute Gasteiger partial charge is 0.119 e. The normalized spacial score (nSPS) is 17.6. The maximum Gasteiger partial charge on any atom is 0.119 e. The highest BCUT2D eigenvalue weighted by molar-refractivity contribution is 5.65. The zero-order chi connectivity index (χ0) is 22.9. The highest BCUT2D eigenvalue weighted by Crippen LogP contribution is 2.38. The van der Waals surface area contributed by atoms with Gasteiger partial charge in [0.1, 0.15) is 5.75 Å². The number of allylic oxidation sites excluding steroid dienone is 1. The van der Waals surface area contributed by atoms with Crippen LogP contribution < -0.4 is 4.74 Å². The van der Waals surface area contributed by atoms with Crippen molar-refractivity contribution >= 4 is 0 Å². The van der Waals surface area contributed by atoms with E-state index < -0.39 is 0 Å². The van der Waals surface area contributed by atoms with Crippen LogP contribution in [-0.2, 0) is 0 Å². The summed E-state index contributed by atoms with van der Waals surface area (Å²) in [5.41, 5.74) is 6.02. The monoisotopic (exact) mass is 434 g/mol. The Hall–Kier alpha value is -3.24. The summed E-state index contributed by atoms with van der Waals surface area (Å²) in [6, 6.07) is 25.7. The molecule has 3 aromatic carbocycles. The Labute approximate surface area is 199 Å². The first-order valence-electron chi connectivity index (χ1n) is 12.3. The molecule has 33 heavy (non-hydrogen) atoms. The van der Waals surface area contributed by atoms with Gasteiger partial charge in [-0.15, -0.1) is 6.58 Å². The molecule has 1 aliphatic rings. The van der Waals surface area contributed by atoms with Gasteiger partial charge in [0.2, 0.25) is 0 Å². The van der Waals surface area contributed by atoms with Crippen molar-refractivity contribution in [1.82, 2.24) is 0 Å². The van der Waals surface area contributed by atoms with E-state index in [0.717, 1.165) is 35.1 Å². The van der Waals surface area contributed by atoms with E-state index in [1.165, 1.54) is 48.8 Å². The Morgan fingerprint density at radius 3 is 1.88 bits per heavy atom. The predicted molar refractivity (Wildman–Crippen MR) is 140 cm³/mol. The molecule has 0 aliphatic heterocycles. The van der Waals surface area contributed by atoms with Gasteiger partial charge in [-0.05, 0) is 110 Å². The highest BCUT2D eigenvalue weighted by atomic mass is 16.5. The Morgan fingerprint density at radius 1 is 0.788 bits per heavy atom. The molecule has 0 atom stereocenters. The minimum atomic E-state index is 0.678. The third-order valence-corrected chi connectivity index (χ3v) is 6.74. The Kier molecular flexibility index (Phi) is 8.04. The van der Waals surface area contributed by atoms with Crippen LogP contribution in [0.5, 0.6) is 5.75 Å². The summed E-state index contributed by atoms with van der Waals surface area (Å²) in [6.07, 6.45) is 9.90. The topological polar surface area (TPSA) is 9.23 Å². The second-order valence-corrected chi connectivity index (χ2v) is 8.99. The first-order chi connectivity index (χ1) is 16.2. The lowest BCUT2D eigenvalue weighted by molar-refractivity contribution is 0.312. The van der Waals surface area contributed by atoms with Gasteiger partial charge in [-0.1, -0.05) is 54.3 Å². The molecule has 0 unspecified atom stereocenters. The van der Waals surface area contributed by atoms with Gasteiger partial charge < -0.3 is 4.74 Å². The second kappa shape index (κ2) is 11.6. The van der Waals surface area contributed by atoms with Crippen LogP contribution in [0.15, 0.2) is 85.5 Å². The lowest BCUT2D eigenvalue weighted by atomic mass is 9.77. The van der Waals surface area contributed by atoms with Crippen molar-refractivity contribution in [3.05, 3.63) is 102 Å². The van der Waals surface area contributed by atoms with Gasteiger partial charge in [-0.3, -0.25) is 0 Å². The molecule has 1 fully saturated rings. The summed E-state index contributed by atoms with van der Waals surface area (Å²) >= 11 is 0. The molecule has 0 radical (unpaired) electrons. The third kappa shape index (κ3) is 6.39. The van der Waals surface area contributed by atoms with Crippen LogP contribution in [0.1, 0.15) is 68.1 Å². The average molecular weight is 435 g/mol. The Bertz CT molecular complexity index is 1070. The maximum atomic E-state index is 5.49. The number of benzene rings is 3. The molecule has 1 heteroatoms. The van der Waals surface area contributed by atoms with Crippen LogP contribution in [0, 0.1) is 17.8 Å². The highest BCUT2D eigenvalue weighted by Gasteiger charge is 2.21. The second-order valence-electron chi connectivity index (χ2n) is 8.99. The maximum absolute atomic E-state index is 5.49. The molecule has 0 spiro atoms. The number of ether oxygens (including phenoxy) is 1. The number of hydrogen-bond donors (Lipinski definition) is 0. The minimum absolute atomic E-state index is 0.678. The summed E-state index contributed by atoms with van der Waals surface area (Å²) in [4.78, 5) is 0. The SMILES string of the molecule is C=CCCC1CCC(c2ccc(-c3ccc(C#Cc4ccc(OCC)cc4)cc3)cc2)CC1. The van der Waals surface area contributed by atoms with Gasteiger partial charge >= 0.3 is 0 Å². The van der Waals surface area contributed by atoms with E-state index in [1.54, 1.807) is 0 Å². The van der Waals surface area contributed by atoms with Gasteiger partial charge in [0.25, 0.3) is 0 Å². The molecule has 1 nitrogen and oxygen atoms in total. The van der Waals surface area contributed by atoms with E-state index in [-0.39, 0.29) is 0 Å². The lowest BCUT2D eigenvalue weighted by Crippen LogP contribution is -2.13. The van der Waals surface area contributed by atoms with Gasteiger partial charge in [-0.25, -0.2) is 0 Å². The van der Waals surface area contributed by atoms with E-state index in [0.29, 0.717) is 6.61 Å². The van der Waals surface area contributed by atoms with E-state index in [2.05, 4.69) is 73.0 Å². The molecular formula is C32H34O. The average Bonchev–Trinajstić information content (AvgIpc) is 2.88. The molecule has 0 aromatic heterocycles. The van der Waals surface area contributed by atoms with E-state index in [4.69, 9.17) is 4.74 Å². The zero-order valence-corrected chi connectivity index (χ0v) is 19.7. The number of rotatable bonds is 7. The lowest BCUT2D eigenvalue weighted by Gasteiger charge is -2.28. The third-order valence-electron chi connectivity index (χ3n) is 6.74. The molecule has 168 valence electrons. The fourth-order valence-corrected chi connectivity index (χ4v) is 4.78. The van der Waals surface area contributed by atoms with Gasteiger partial charge in [0.15, 0.2) is 0 Å². The van der Waals surface area contributed by atoms with Crippen molar-refractivity contribution in [3.8, 4) is 28.7 Å². The molecule has 0 bridgehead atoms. The van der Waals surface area contributed by atoms with Gasteiger partial charge in [-0.2, -0.15) is 0 Å². The zero-order valence-electron chi connectivity index (χ0n) is 19.7. The van der Waals surface area contributed by atoms with Crippen molar-refractivity contribution in [3.63, 3.8) is 0 Å². The molecule has 4 rings (SSSR count). The van der Waals surface area contributed by atoms with E-state index >= 15 is 0 Å². The van der Waals surface area contributed by atoms with Gasteiger partial charge in [0, 0.05) is 11.1 Å². The van der Waals surface area contributed by atoms with Crippen molar-refractivity contribution in [2.45, 2.75) is 51.4 Å². The van der Waals surface area contributed by atoms with Crippen molar-refractivity contribution < 1.29 is 4.74 Å². The minimum Gasteiger partial charge on any atom is -0.494 e. The summed E-state index contributed by atoms with van der Waals surface area (Å²) in [7, 11) is 0. The van der Waals surface area contributed by atoms with Crippen LogP contribution in [0.25, 0.3) is 11.1 Å². The van der Waals surface area contributed by atoms with E-state index in [9.17, 15) is 0 Å².